The van der Waals surface area contributed by atoms with E-state index in [0.717, 1.165) is 13.1 Å². The number of hydrogen-bond acceptors (Lipinski definition) is 4. The fourth-order valence-corrected chi connectivity index (χ4v) is 2.93. The van der Waals surface area contributed by atoms with Gasteiger partial charge in [0.15, 0.2) is 0 Å². The average molecular weight is 246 g/mol. The molecule has 3 rings (SSSR count). The maximum Gasteiger partial charge on any atom is 0.0675 e. The van der Waals surface area contributed by atoms with Gasteiger partial charge in [-0.1, -0.05) is 18.2 Å². The van der Waals surface area contributed by atoms with Crippen LogP contribution < -0.4 is 21.3 Å². The van der Waals surface area contributed by atoms with Crippen LogP contribution in [0.2, 0.25) is 0 Å². The summed E-state index contributed by atoms with van der Waals surface area (Å²) in [5.41, 5.74) is 8.65. The van der Waals surface area contributed by atoms with Gasteiger partial charge in [0.1, 0.15) is 0 Å². The lowest BCUT2D eigenvalue weighted by molar-refractivity contribution is 0.357. The van der Waals surface area contributed by atoms with E-state index < -0.39 is 0 Å². The summed E-state index contributed by atoms with van der Waals surface area (Å²) in [5, 5.41) is 6.88. The fraction of sp³-hybridized carbons (Fsp3) is 0.571. The largest absolute Gasteiger partial charge is 0.371 e. The highest BCUT2D eigenvalue weighted by atomic mass is 15.2. The SMILES string of the molecule is NC1CNC(c2ccccc2N2CCCC2)CN1. The lowest BCUT2D eigenvalue weighted by atomic mass is 10.0. The van der Waals surface area contributed by atoms with Crippen LogP contribution >= 0.6 is 0 Å². The van der Waals surface area contributed by atoms with Crippen LogP contribution in [-0.4, -0.2) is 32.3 Å². The van der Waals surface area contributed by atoms with E-state index in [0.29, 0.717) is 6.04 Å². The molecule has 0 saturated carbocycles. The monoisotopic (exact) mass is 246 g/mol. The molecule has 98 valence electrons. The third-order valence-corrected chi connectivity index (χ3v) is 3.93. The lowest BCUT2D eigenvalue weighted by Gasteiger charge is -2.32. The Kier molecular flexibility index (Phi) is 3.50. The van der Waals surface area contributed by atoms with Crippen molar-refractivity contribution in [2.75, 3.05) is 31.1 Å². The molecular weight excluding hydrogens is 224 g/mol. The molecule has 2 atom stereocenters. The third kappa shape index (κ3) is 2.36. The van der Waals surface area contributed by atoms with Gasteiger partial charge in [-0.15, -0.1) is 0 Å². The minimum Gasteiger partial charge on any atom is -0.371 e. The molecule has 2 aliphatic heterocycles. The molecule has 4 nitrogen and oxygen atoms in total. The molecule has 1 aromatic carbocycles. The first-order valence-corrected chi connectivity index (χ1v) is 6.91. The van der Waals surface area contributed by atoms with E-state index in [1.165, 1.54) is 37.2 Å². The summed E-state index contributed by atoms with van der Waals surface area (Å²) >= 11 is 0. The minimum absolute atomic E-state index is 0.0835. The van der Waals surface area contributed by atoms with Gasteiger partial charge in [-0.3, -0.25) is 5.32 Å². The van der Waals surface area contributed by atoms with Gasteiger partial charge in [0, 0.05) is 37.9 Å². The molecule has 18 heavy (non-hydrogen) atoms. The van der Waals surface area contributed by atoms with Crippen molar-refractivity contribution in [2.45, 2.75) is 25.0 Å². The van der Waals surface area contributed by atoms with Crippen LogP contribution in [0.5, 0.6) is 0 Å². The van der Waals surface area contributed by atoms with Crippen molar-refractivity contribution in [3.63, 3.8) is 0 Å². The topological polar surface area (TPSA) is 53.3 Å². The van der Waals surface area contributed by atoms with Gasteiger partial charge in [0.05, 0.1) is 6.17 Å². The van der Waals surface area contributed by atoms with Crippen molar-refractivity contribution in [2.24, 2.45) is 5.73 Å². The predicted octanol–water partition coefficient (Wildman–Crippen LogP) is 0.805. The van der Waals surface area contributed by atoms with E-state index in [9.17, 15) is 0 Å². The van der Waals surface area contributed by atoms with Gasteiger partial charge in [0.2, 0.25) is 0 Å². The molecule has 0 bridgehead atoms. The highest BCUT2D eigenvalue weighted by Crippen LogP contribution is 2.29. The van der Waals surface area contributed by atoms with Crippen LogP contribution in [0.15, 0.2) is 24.3 Å². The Balaban J connectivity index is 1.82. The van der Waals surface area contributed by atoms with Crippen LogP contribution in [0.1, 0.15) is 24.4 Å². The number of hydrogen-bond donors (Lipinski definition) is 3. The van der Waals surface area contributed by atoms with E-state index >= 15 is 0 Å². The number of nitrogens with one attached hydrogen (secondary N) is 2. The van der Waals surface area contributed by atoms with Gasteiger partial charge in [-0.05, 0) is 24.5 Å². The second-order valence-corrected chi connectivity index (χ2v) is 5.23. The van der Waals surface area contributed by atoms with Crippen molar-refractivity contribution >= 4 is 5.69 Å². The molecule has 0 spiro atoms. The van der Waals surface area contributed by atoms with Crippen LogP contribution in [-0.2, 0) is 0 Å². The highest BCUT2D eigenvalue weighted by Gasteiger charge is 2.23. The normalized spacial score (nSPS) is 28.6. The summed E-state index contributed by atoms with van der Waals surface area (Å²) in [6.45, 7) is 4.12. The summed E-state index contributed by atoms with van der Waals surface area (Å²) in [5.74, 6) is 0. The second kappa shape index (κ2) is 5.26. The molecule has 4 N–H and O–H groups in total. The van der Waals surface area contributed by atoms with Crippen LogP contribution in [0.4, 0.5) is 5.69 Å². The molecule has 0 aromatic heterocycles. The molecule has 2 aliphatic rings. The number of rotatable bonds is 2. The zero-order chi connectivity index (χ0) is 12.4. The first-order chi connectivity index (χ1) is 8.84. The molecule has 0 radical (unpaired) electrons. The number of nitrogens with two attached hydrogens (primary N) is 1. The Morgan fingerprint density at radius 3 is 2.56 bits per heavy atom. The molecule has 2 saturated heterocycles. The Morgan fingerprint density at radius 1 is 1.06 bits per heavy atom. The fourth-order valence-electron chi connectivity index (χ4n) is 2.93. The summed E-state index contributed by atoms with van der Waals surface area (Å²) in [6.07, 6.45) is 2.71. The summed E-state index contributed by atoms with van der Waals surface area (Å²) in [4.78, 5) is 2.51. The first kappa shape index (κ1) is 12.0. The average Bonchev–Trinajstić information content (AvgIpc) is 2.93. The van der Waals surface area contributed by atoms with E-state index in [1.807, 2.05) is 0 Å². The second-order valence-electron chi connectivity index (χ2n) is 5.23. The van der Waals surface area contributed by atoms with Crippen molar-refractivity contribution in [1.29, 1.82) is 0 Å². The number of nitrogens with zero attached hydrogens (tertiary/aromatic N) is 1. The summed E-state index contributed by atoms with van der Waals surface area (Å²) in [6, 6.07) is 9.13. The van der Waals surface area contributed by atoms with Gasteiger partial charge >= 0.3 is 0 Å². The maximum absolute atomic E-state index is 5.85. The Morgan fingerprint density at radius 2 is 1.83 bits per heavy atom. The zero-order valence-electron chi connectivity index (χ0n) is 10.7. The Bertz CT molecular complexity index is 393. The standard InChI is InChI=1S/C14H22N4/c15-14-10-16-12(9-17-14)11-5-1-2-6-13(11)18-7-3-4-8-18/h1-2,5-6,12,14,16-17H,3-4,7-10,15H2. The van der Waals surface area contributed by atoms with E-state index in [2.05, 4.69) is 39.8 Å². The molecule has 2 heterocycles. The Labute approximate surface area is 109 Å². The van der Waals surface area contributed by atoms with Crippen LogP contribution in [0.3, 0.4) is 0 Å². The molecule has 1 aromatic rings. The predicted molar refractivity (Wildman–Crippen MR) is 74.6 cm³/mol. The van der Waals surface area contributed by atoms with Gasteiger partial charge in [-0.2, -0.15) is 0 Å². The highest BCUT2D eigenvalue weighted by molar-refractivity contribution is 5.55. The first-order valence-electron chi connectivity index (χ1n) is 6.91. The molecule has 0 amide bonds. The zero-order valence-corrected chi connectivity index (χ0v) is 10.7. The summed E-state index contributed by atoms with van der Waals surface area (Å²) < 4.78 is 0. The number of piperazine rings is 1. The quantitative estimate of drug-likeness (QED) is 0.723. The smallest absolute Gasteiger partial charge is 0.0675 e. The lowest BCUT2D eigenvalue weighted by Crippen LogP contribution is -2.54. The summed E-state index contributed by atoms with van der Waals surface area (Å²) in [7, 11) is 0. The van der Waals surface area contributed by atoms with Crippen molar-refractivity contribution in [3.8, 4) is 0 Å². The number of benzene rings is 1. The van der Waals surface area contributed by atoms with Gasteiger partial charge in [0.25, 0.3) is 0 Å². The minimum atomic E-state index is 0.0835. The molecule has 0 aliphatic carbocycles. The van der Waals surface area contributed by atoms with E-state index in [1.54, 1.807) is 0 Å². The van der Waals surface area contributed by atoms with Crippen LogP contribution in [0.25, 0.3) is 0 Å². The third-order valence-electron chi connectivity index (χ3n) is 3.93. The van der Waals surface area contributed by atoms with Gasteiger partial charge < -0.3 is 16.0 Å². The van der Waals surface area contributed by atoms with Crippen molar-refractivity contribution in [1.82, 2.24) is 10.6 Å². The van der Waals surface area contributed by atoms with E-state index in [4.69, 9.17) is 5.73 Å². The Hall–Kier alpha value is -1.10. The molecule has 4 heteroatoms. The van der Waals surface area contributed by atoms with Crippen LogP contribution in [0, 0.1) is 0 Å². The molecule has 2 unspecified atom stereocenters. The number of anilines is 1. The molecular formula is C14H22N4. The van der Waals surface area contributed by atoms with Crippen molar-refractivity contribution < 1.29 is 0 Å². The maximum atomic E-state index is 5.85. The number of para-hydroxylation sites is 1. The van der Waals surface area contributed by atoms with Gasteiger partial charge in [-0.25, -0.2) is 0 Å². The van der Waals surface area contributed by atoms with Crippen molar-refractivity contribution in [3.05, 3.63) is 29.8 Å². The van der Waals surface area contributed by atoms with E-state index in [-0.39, 0.29) is 6.17 Å². The molecule has 2 fully saturated rings.